The monoisotopic (exact) mass is 510 g/mol. The van der Waals surface area contributed by atoms with E-state index in [1.165, 1.54) is 109 Å². The van der Waals surface area contributed by atoms with Gasteiger partial charge in [0.25, 0.3) is 0 Å². The molecule has 1 rings (SSSR count). The smallest absolute Gasteiger partial charge is 0.114 e. The zero-order valence-corrected chi connectivity index (χ0v) is 24.1. The average molecular weight is 511 g/mol. The molecule has 212 valence electrons. The SMILES string of the molecule is [B]C1OC(COC(C)C)C(OCCCCCCCCCCCCCCCCCCCCCO)C1OC. The van der Waals surface area contributed by atoms with Crippen LogP contribution >= 0.6 is 0 Å². The predicted octanol–water partition coefficient (Wildman–Crippen LogP) is 7.11. The summed E-state index contributed by atoms with van der Waals surface area (Å²) in [5, 5.41) is 8.78. The Hall–Kier alpha value is -0.135. The van der Waals surface area contributed by atoms with Gasteiger partial charge in [-0.3, -0.25) is 0 Å². The molecule has 36 heavy (non-hydrogen) atoms. The zero-order chi connectivity index (χ0) is 26.3. The van der Waals surface area contributed by atoms with Crippen molar-refractivity contribution in [1.29, 1.82) is 0 Å². The molecular weight excluding hydrogens is 451 g/mol. The molecule has 0 aromatic rings. The van der Waals surface area contributed by atoms with Gasteiger partial charge in [-0.05, 0) is 26.7 Å². The molecule has 0 saturated carbocycles. The van der Waals surface area contributed by atoms with Gasteiger partial charge in [0.1, 0.15) is 26.2 Å². The van der Waals surface area contributed by atoms with Crippen molar-refractivity contribution in [3.63, 3.8) is 0 Å². The number of ether oxygens (including phenoxy) is 4. The molecule has 0 spiro atoms. The highest BCUT2D eigenvalue weighted by atomic mass is 16.6. The average Bonchev–Trinajstić information content (AvgIpc) is 3.17. The molecule has 2 radical (unpaired) electrons. The van der Waals surface area contributed by atoms with Crippen molar-refractivity contribution in [2.24, 2.45) is 0 Å². The summed E-state index contributed by atoms with van der Waals surface area (Å²) in [6, 6.07) is -0.454. The second-order valence-corrected chi connectivity index (χ2v) is 11.0. The molecule has 6 heteroatoms. The Balaban J connectivity index is 1.86. The molecule has 0 aromatic heterocycles. The van der Waals surface area contributed by atoms with Crippen molar-refractivity contribution in [3.8, 4) is 0 Å². The molecule has 4 atom stereocenters. The third-order valence-electron chi connectivity index (χ3n) is 7.32. The summed E-state index contributed by atoms with van der Waals surface area (Å²) >= 11 is 0. The minimum atomic E-state index is -0.454. The zero-order valence-electron chi connectivity index (χ0n) is 24.1. The second kappa shape index (κ2) is 23.9. The van der Waals surface area contributed by atoms with Gasteiger partial charge in [-0.1, -0.05) is 109 Å². The lowest BCUT2D eigenvalue weighted by Crippen LogP contribution is -2.39. The van der Waals surface area contributed by atoms with E-state index in [1.807, 2.05) is 13.8 Å². The van der Waals surface area contributed by atoms with Gasteiger partial charge in [0.05, 0.1) is 12.7 Å². The highest BCUT2D eigenvalue weighted by Gasteiger charge is 2.43. The molecule has 0 amide bonds. The van der Waals surface area contributed by atoms with E-state index in [4.69, 9.17) is 31.9 Å². The Morgan fingerprint density at radius 3 is 1.47 bits per heavy atom. The first kappa shape index (κ1) is 33.9. The number of unbranched alkanes of at least 4 members (excludes halogenated alkanes) is 18. The Kier molecular flexibility index (Phi) is 22.5. The van der Waals surface area contributed by atoms with E-state index in [1.54, 1.807) is 7.11 Å². The summed E-state index contributed by atoms with van der Waals surface area (Å²) in [7, 11) is 7.74. The highest BCUT2D eigenvalue weighted by Crippen LogP contribution is 2.26. The molecular formula is C30H59BO5. The molecule has 0 bridgehead atoms. The van der Waals surface area contributed by atoms with Crippen LogP contribution in [0.4, 0.5) is 0 Å². The van der Waals surface area contributed by atoms with Crippen LogP contribution in [0.2, 0.25) is 0 Å². The maximum Gasteiger partial charge on any atom is 0.114 e. The molecule has 1 aliphatic heterocycles. The fourth-order valence-electron chi connectivity index (χ4n) is 5.09. The summed E-state index contributed by atoms with van der Waals surface area (Å²) in [6.45, 7) is 5.61. The molecule has 1 fully saturated rings. The molecule has 1 N–H and O–H groups in total. The van der Waals surface area contributed by atoms with E-state index >= 15 is 0 Å². The van der Waals surface area contributed by atoms with E-state index in [2.05, 4.69) is 0 Å². The summed E-state index contributed by atoms with van der Waals surface area (Å²) < 4.78 is 23.2. The third-order valence-corrected chi connectivity index (χ3v) is 7.32. The van der Waals surface area contributed by atoms with Crippen molar-refractivity contribution in [3.05, 3.63) is 0 Å². The minimum Gasteiger partial charge on any atom is -0.396 e. The van der Waals surface area contributed by atoms with Crippen molar-refractivity contribution >= 4 is 7.85 Å². The van der Waals surface area contributed by atoms with Crippen LogP contribution in [0.15, 0.2) is 0 Å². The Morgan fingerprint density at radius 1 is 0.667 bits per heavy atom. The van der Waals surface area contributed by atoms with Gasteiger partial charge in [0.2, 0.25) is 0 Å². The van der Waals surface area contributed by atoms with E-state index in [9.17, 15) is 0 Å². The molecule has 1 saturated heterocycles. The maximum atomic E-state index is 8.78. The van der Waals surface area contributed by atoms with Gasteiger partial charge < -0.3 is 24.1 Å². The quantitative estimate of drug-likeness (QED) is 0.0993. The van der Waals surface area contributed by atoms with Crippen LogP contribution in [0, 0.1) is 0 Å². The van der Waals surface area contributed by atoms with Crippen LogP contribution in [-0.4, -0.2) is 70.3 Å². The standard InChI is InChI=1S/C30H59BO5/c1-26(2)35-25-27-28(29(33-3)30(31)36-27)34-24-22-20-18-16-14-12-10-8-6-4-5-7-9-11-13-15-17-19-21-23-32/h26-30,32H,4-25H2,1-3H3. The number of hydrogen-bond acceptors (Lipinski definition) is 5. The molecule has 0 aromatic carbocycles. The molecule has 4 unspecified atom stereocenters. The van der Waals surface area contributed by atoms with Crippen molar-refractivity contribution in [2.45, 2.75) is 166 Å². The summed E-state index contributed by atoms with van der Waals surface area (Å²) in [4.78, 5) is 0. The van der Waals surface area contributed by atoms with Crippen LogP contribution in [0.1, 0.15) is 136 Å². The van der Waals surface area contributed by atoms with Gasteiger partial charge in [0.15, 0.2) is 0 Å². The van der Waals surface area contributed by atoms with Gasteiger partial charge in [0, 0.05) is 26.3 Å². The van der Waals surface area contributed by atoms with Gasteiger partial charge in [-0.15, -0.1) is 0 Å². The third kappa shape index (κ3) is 17.4. The Morgan fingerprint density at radius 2 is 1.08 bits per heavy atom. The van der Waals surface area contributed by atoms with Gasteiger partial charge in [-0.2, -0.15) is 0 Å². The predicted molar refractivity (Wildman–Crippen MR) is 151 cm³/mol. The second-order valence-electron chi connectivity index (χ2n) is 11.0. The Labute approximate surface area is 225 Å². The molecule has 1 heterocycles. The summed E-state index contributed by atoms with van der Waals surface area (Å²) in [5.41, 5.74) is 0. The van der Waals surface area contributed by atoms with Gasteiger partial charge >= 0.3 is 0 Å². The van der Waals surface area contributed by atoms with E-state index in [0.29, 0.717) is 13.2 Å². The number of aliphatic hydroxyl groups excluding tert-OH is 1. The first-order valence-corrected chi connectivity index (χ1v) is 15.4. The number of methoxy groups -OCH3 is 1. The van der Waals surface area contributed by atoms with Crippen LogP contribution in [0.3, 0.4) is 0 Å². The fourth-order valence-corrected chi connectivity index (χ4v) is 5.09. The minimum absolute atomic E-state index is 0.156. The first-order valence-electron chi connectivity index (χ1n) is 15.4. The van der Waals surface area contributed by atoms with Crippen molar-refractivity contribution in [2.75, 3.05) is 26.9 Å². The summed E-state index contributed by atoms with van der Waals surface area (Å²) in [6.07, 6.45) is 24.8. The summed E-state index contributed by atoms with van der Waals surface area (Å²) in [5.74, 6) is 0. The normalized spacial score (nSPS) is 22.1. The largest absolute Gasteiger partial charge is 0.396 e. The van der Waals surface area contributed by atoms with E-state index in [-0.39, 0.29) is 24.4 Å². The fraction of sp³-hybridized carbons (Fsp3) is 1.00. The van der Waals surface area contributed by atoms with Crippen LogP contribution in [0.5, 0.6) is 0 Å². The number of rotatable bonds is 26. The lowest BCUT2D eigenvalue weighted by atomic mass is 9.93. The van der Waals surface area contributed by atoms with Crippen LogP contribution < -0.4 is 0 Å². The Bertz CT molecular complexity index is 465. The van der Waals surface area contributed by atoms with Crippen molar-refractivity contribution < 1.29 is 24.1 Å². The molecule has 0 aliphatic carbocycles. The lowest BCUT2D eigenvalue weighted by molar-refractivity contribution is -0.0801. The molecule has 5 nitrogen and oxygen atoms in total. The van der Waals surface area contributed by atoms with Crippen molar-refractivity contribution in [1.82, 2.24) is 0 Å². The number of hydrogen-bond donors (Lipinski definition) is 1. The van der Waals surface area contributed by atoms with Crippen LogP contribution in [0.25, 0.3) is 0 Å². The maximum absolute atomic E-state index is 8.78. The van der Waals surface area contributed by atoms with E-state index in [0.717, 1.165) is 19.4 Å². The van der Waals surface area contributed by atoms with E-state index < -0.39 is 6.00 Å². The van der Waals surface area contributed by atoms with Crippen LogP contribution in [-0.2, 0) is 18.9 Å². The topological polar surface area (TPSA) is 57.2 Å². The highest BCUT2D eigenvalue weighted by molar-refractivity contribution is 6.11. The van der Waals surface area contributed by atoms with Gasteiger partial charge in [-0.25, -0.2) is 0 Å². The first-order chi connectivity index (χ1) is 17.6. The number of aliphatic hydroxyl groups is 1. The lowest BCUT2D eigenvalue weighted by Gasteiger charge is -2.23. The molecule has 1 aliphatic rings.